The summed E-state index contributed by atoms with van der Waals surface area (Å²) in [5.74, 6) is -5.00. The lowest BCUT2D eigenvalue weighted by Gasteiger charge is -2.33. The number of ketones is 1. The SMILES string of the molecule is O=C(O)c1ccc(OC(F)(C(=O)Cc2ccc(NC(=O)c3c[nH]c4ccccc34)c(Cl)c2)N2CCCC2)cc1. The highest BCUT2D eigenvalue weighted by Crippen LogP contribution is 2.31. The number of benzene rings is 3. The fourth-order valence-electron chi connectivity index (χ4n) is 4.64. The van der Waals surface area contributed by atoms with E-state index in [0.29, 0.717) is 29.9 Å². The van der Waals surface area contributed by atoms with Crippen molar-refractivity contribution in [1.82, 2.24) is 9.88 Å². The van der Waals surface area contributed by atoms with Crippen molar-refractivity contribution in [3.05, 3.63) is 94.6 Å². The van der Waals surface area contributed by atoms with Gasteiger partial charge in [0.1, 0.15) is 5.75 Å². The number of carboxylic acid groups (broad SMARTS) is 1. The van der Waals surface area contributed by atoms with Crippen LogP contribution in [-0.2, 0) is 11.2 Å². The molecule has 0 saturated carbocycles. The Hall–Kier alpha value is -4.21. The standard InChI is InChI=1S/C29H25ClFN3O5/c30-23-15-18(7-12-25(23)33-27(36)22-17-32-24-6-2-1-5-21(22)24)16-26(35)29(31,34-13-3-4-14-34)39-20-10-8-19(9-11-20)28(37)38/h1-2,5-12,15,17,32H,3-4,13-14,16H2,(H,33,36)(H,37,38). The van der Waals surface area contributed by atoms with E-state index in [1.165, 1.54) is 35.2 Å². The van der Waals surface area contributed by atoms with Crippen molar-refractivity contribution in [2.75, 3.05) is 18.4 Å². The van der Waals surface area contributed by atoms with Crippen LogP contribution < -0.4 is 10.1 Å². The van der Waals surface area contributed by atoms with Crippen LogP contribution in [0.25, 0.3) is 10.9 Å². The summed E-state index contributed by atoms with van der Waals surface area (Å²) in [5, 5.41) is 12.9. The minimum Gasteiger partial charge on any atom is -0.478 e. The molecule has 0 aliphatic carbocycles. The number of nitrogens with one attached hydrogen (secondary N) is 2. The molecule has 1 fully saturated rings. The van der Waals surface area contributed by atoms with Crippen LogP contribution in [0.1, 0.15) is 39.1 Å². The molecule has 3 aromatic carbocycles. The number of anilines is 1. The molecular formula is C29H25ClFN3O5. The Labute approximate surface area is 228 Å². The van der Waals surface area contributed by atoms with Crippen LogP contribution in [0, 0.1) is 0 Å². The van der Waals surface area contributed by atoms with E-state index in [1.54, 1.807) is 18.3 Å². The molecule has 5 rings (SSSR count). The molecule has 1 aliphatic rings. The van der Waals surface area contributed by atoms with Crippen LogP contribution in [0.15, 0.2) is 72.9 Å². The number of aromatic carboxylic acids is 1. The number of likely N-dealkylation sites (tertiary alicyclic amines) is 1. The number of para-hydroxylation sites is 1. The number of Topliss-reactive ketones (excluding diaryl/α,β-unsaturated/α-hetero) is 1. The number of hydrogen-bond donors (Lipinski definition) is 3. The van der Waals surface area contributed by atoms with E-state index >= 15 is 4.39 Å². The van der Waals surface area contributed by atoms with Crippen LogP contribution in [0.2, 0.25) is 5.02 Å². The Bertz CT molecular complexity index is 1550. The number of aromatic nitrogens is 1. The molecule has 10 heteroatoms. The number of nitrogens with zero attached hydrogens (tertiary/aromatic N) is 1. The predicted octanol–water partition coefficient (Wildman–Crippen LogP) is 5.68. The summed E-state index contributed by atoms with van der Waals surface area (Å²) in [4.78, 5) is 41.7. The zero-order valence-electron chi connectivity index (χ0n) is 20.7. The Morgan fingerprint density at radius 3 is 2.46 bits per heavy atom. The first-order valence-electron chi connectivity index (χ1n) is 12.4. The van der Waals surface area contributed by atoms with Crippen LogP contribution in [0.4, 0.5) is 10.1 Å². The number of alkyl halides is 1. The molecule has 0 bridgehead atoms. The van der Waals surface area contributed by atoms with Crippen LogP contribution in [-0.4, -0.2) is 51.7 Å². The van der Waals surface area contributed by atoms with Crippen molar-refractivity contribution in [3.8, 4) is 5.75 Å². The third kappa shape index (κ3) is 5.50. The van der Waals surface area contributed by atoms with E-state index in [9.17, 15) is 14.4 Å². The smallest absolute Gasteiger partial charge is 0.371 e. The number of rotatable bonds is 9. The van der Waals surface area contributed by atoms with E-state index in [0.717, 1.165) is 23.7 Å². The van der Waals surface area contributed by atoms with Gasteiger partial charge in [-0.2, -0.15) is 4.39 Å². The minimum atomic E-state index is -2.74. The van der Waals surface area contributed by atoms with Crippen LogP contribution in [0.3, 0.4) is 0 Å². The molecule has 3 N–H and O–H groups in total. The van der Waals surface area contributed by atoms with Gasteiger partial charge in [0.2, 0.25) is 5.78 Å². The zero-order valence-corrected chi connectivity index (χ0v) is 21.5. The number of hydrogen-bond acceptors (Lipinski definition) is 5. The van der Waals surface area contributed by atoms with Gasteiger partial charge in [-0.25, -0.2) is 9.69 Å². The zero-order chi connectivity index (χ0) is 27.6. The summed E-state index contributed by atoms with van der Waals surface area (Å²) >= 11 is 6.43. The average molecular weight is 550 g/mol. The van der Waals surface area contributed by atoms with E-state index < -0.39 is 17.7 Å². The number of fused-ring (bicyclic) bond motifs is 1. The number of carbonyl (C=O) groups is 3. The summed E-state index contributed by atoms with van der Waals surface area (Å²) < 4.78 is 21.9. The quantitative estimate of drug-likeness (QED) is 0.232. The molecule has 0 radical (unpaired) electrons. The second-order valence-electron chi connectivity index (χ2n) is 9.30. The highest BCUT2D eigenvalue weighted by Gasteiger charge is 2.48. The van der Waals surface area contributed by atoms with Gasteiger partial charge in [-0.05, 0) is 60.9 Å². The van der Waals surface area contributed by atoms with Gasteiger partial charge in [-0.3, -0.25) is 9.59 Å². The lowest BCUT2D eigenvalue weighted by Crippen LogP contribution is -2.55. The monoisotopic (exact) mass is 549 g/mol. The summed E-state index contributed by atoms with van der Waals surface area (Å²) in [6.45, 7) is 0.685. The number of ether oxygens (including phenoxy) is 1. The normalized spacial score (nSPS) is 15.1. The maximum Gasteiger partial charge on any atom is 0.371 e. The van der Waals surface area contributed by atoms with Crippen LogP contribution >= 0.6 is 11.6 Å². The van der Waals surface area contributed by atoms with Gasteiger partial charge < -0.3 is 20.1 Å². The number of amides is 1. The van der Waals surface area contributed by atoms with E-state index in [-0.39, 0.29) is 28.7 Å². The van der Waals surface area contributed by atoms with Gasteiger partial charge in [-0.15, -0.1) is 0 Å². The number of H-pyrrole nitrogens is 1. The highest BCUT2D eigenvalue weighted by atomic mass is 35.5. The van der Waals surface area contributed by atoms with Crippen molar-refractivity contribution in [3.63, 3.8) is 0 Å². The van der Waals surface area contributed by atoms with Gasteiger partial charge in [0.25, 0.3) is 5.91 Å². The minimum absolute atomic E-state index is 0.0193. The molecule has 0 spiro atoms. The molecule has 1 aliphatic heterocycles. The van der Waals surface area contributed by atoms with E-state index in [2.05, 4.69) is 10.3 Å². The summed E-state index contributed by atoms with van der Waals surface area (Å²) in [6.07, 6.45) is 2.75. The number of carbonyl (C=O) groups excluding carboxylic acids is 2. The lowest BCUT2D eigenvalue weighted by molar-refractivity contribution is -0.191. The largest absolute Gasteiger partial charge is 0.478 e. The molecule has 4 aromatic rings. The number of halogens is 2. The van der Waals surface area contributed by atoms with Crippen molar-refractivity contribution < 1.29 is 28.6 Å². The lowest BCUT2D eigenvalue weighted by atomic mass is 10.1. The topological polar surface area (TPSA) is 112 Å². The molecule has 2 heterocycles. The Morgan fingerprint density at radius 2 is 1.77 bits per heavy atom. The van der Waals surface area contributed by atoms with Crippen molar-refractivity contribution >= 4 is 45.9 Å². The summed E-state index contributed by atoms with van der Waals surface area (Å²) in [6, 6.07) is 17.3. The Morgan fingerprint density at radius 1 is 1.05 bits per heavy atom. The third-order valence-electron chi connectivity index (χ3n) is 6.69. The molecular weight excluding hydrogens is 525 g/mol. The van der Waals surface area contributed by atoms with E-state index in [1.807, 2.05) is 24.3 Å². The predicted molar refractivity (Wildman–Crippen MR) is 145 cm³/mol. The Kier molecular flexibility index (Phi) is 7.36. The molecule has 1 amide bonds. The average Bonchev–Trinajstić information content (AvgIpc) is 3.61. The van der Waals surface area contributed by atoms with Crippen LogP contribution in [0.5, 0.6) is 5.75 Å². The molecule has 1 atom stereocenters. The summed E-state index contributed by atoms with van der Waals surface area (Å²) in [5.41, 5.74) is 2.11. The van der Waals surface area contributed by atoms with Gasteiger partial charge in [0.15, 0.2) is 0 Å². The fraction of sp³-hybridized carbons (Fsp3) is 0.207. The molecule has 1 aromatic heterocycles. The molecule has 200 valence electrons. The first kappa shape index (κ1) is 26.4. The number of aromatic amines is 1. The maximum absolute atomic E-state index is 16.3. The van der Waals surface area contributed by atoms with Gasteiger partial charge in [0, 0.05) is 36.6 Å². The first-order valence-corrected chi connectivity index (χ1v) is 12.8. The third-order valence-corrected chi connectivity index (χ3v) is 7.00. The first-order chi connectivity index (χ1) is 18.7. The molecule has 1 unspecified atom stereocenters. The molecule has 39 heavy (non-hydrogen) atoms. The molecule has 1 saturated heterocycles. The fourth-order valence-corrected chi connectivity index (χ4v) is 4.89. The van der Waals surface area contributed by atoms with Crippen molar-refractivity contribution in [2.24, 2.45) is 0 Å². The van der Waals surface area contributed by atoms with Gasteiger partial charge in [-0.1, -0.05) is 35.9 Å². The van der Waals surface area contributed by atoms with Gasteiger partial charge in [0.05, 0.1) is 21.8 Å². The highest BCUT2D eigenvalue weighted by molar-refractivity contribution is 6.34. The van der Waals surface area contributed by atoms with E-state index in [4.69, 9.17) is 21.4 Å². The second-order valence-corrected chi connectivity index (χ2v) is 9.71. The Balaban J connectivity index is 1.32. The van der Waals surface area contributed by atoms with Crippen molar-refractivity contribution in [2.45, 2.75) is 25.2 Å². The van der Waals surface area contributed by atoms with Crippen molar-refractivity contribution in [1.29, 1.82) is 0 Å². The molecule has 8 nitrogen and oxygen atoms in total. The summed E-state index contributed by atoms with van der Waals surface area (Å²) in [7, 11) is 0. The second kappa shape index (κ2) is 10.9. The van der Waals surface area contributed by atoms with Gasteiger partial charge >= 0.3 is 11.9 Å². The maximum atomic E-state index is 16.3. The number of carboxylic acids is 1.